The van der Waals surface area contributed by atoms with Crippen molar-refractivity contribution >= 4 is 17.1 Å². The summed E-state index contributed by atoms with van der Waals surface area (Å²) >= 11 is 5.12. The van der Waals surface area contributed by atoms with Crippen LogP contribution in [-0.4, -0.2) is 10.9 Å². The van der Waals surface area contributed by atoms with E-state index >= 15 is 0 Å². The van der Waals surface area contributed by atoms with Crippen LogP contribution in [0.2, 0.25) is 0 Å². The van der Waals surface area contributed by atoms with Crippen molar-refractivity contribution in [3.05, 3.63) is 0 Å². The van der Waals surface area contributed by atoms with Crippen molar-refractivity contribution in [1.29, 1.82) is 0 Å². The Balaban J connectivity index is 3.42. The van der Waals surface area contributed by atoms with Crippen molar-refractivity contribution < 1.29 is 0 Å². The van der Waals surface area contributed by atoms with Crippen LogP contribution in [0.1, 0.15) is 39.5 Å². The highest BCUT2D eigenvalue weighted by atomic mass is 32.1. The summed E-state index contributed by atoms with van der Waals surface area (Å²) in [5.74, 6) is 0. The minimum absolute atomic E-state index is 0.154. The van der Waals surface area contributed by atoms with Crippen molar-refractivity contribution in [2.45, 2.75) is 45.6 Å². The maximum Gasteiger partial charge on any atom is 0.0356 e. The highest BCUT2D eigenvalue weighted by Crippen LogP contribution is 2.01. The Kier molecular flexibility index (Phi) is 5.84. The fourth-order valence-electron chi connectivity index (χ4n) is 0.764. The standard InChI is InChI=1S/C8H17NS/c1-3-5-6-8(10)7(9)4-2/h7H,3-6,9H2,1-2H3. The number of thiocarbonyl (C=S) groups is 1. The first-order valence-corrected chi connectivity index (χ1v) is 4.41. The van der Waals surface area contributed by atoms with Gasteiger partial charge in [-0.05, 0) is 19.3 Å². The molecule has 0 aliphatic carbocycles. The molecule has 0 aromatic heterocycles. The smallest absolute Gasteiger partial charge is 0.0356 e. The maximum atomic E-state index is 5.72. The van der Waals surface area contributed by atoms with E-state index in [2.05, 4.69) is 13.8 Å². The summed E-state index contributed by atoms with van der Waals surface area (Å²) in [7, 11) is 0. The van der Waals surface area contributed by atoms with E-state index in [9.17, 15) is 0 Å². The van der Waals surface area contributed by atoms with Gasteiger partial charge in [-0.2, -0.15) is 0 Å². The van der Waals surface area contributed by atoms with Crippen molar-refractivity contribution in [2.24, 2.45) is 5.73 Å². The molecule has 0 amide bonds. The van der Waals surface area contributed by atoms with Crippen LogP contribution >= 0.6 is 12.2 Å². The van der Waals surface area contributed by atoms with Crippen LogP contribution in [0.4, 0.5) is 0 Å². The first kappa shape index (κ1) is 10.0. The van der Waals surface area contributed by atoms with Gasteiger partial charge < -0.3 is 5.73 Å². The Morgan fingerprint density at radius 3 is 2.50 bits per heavy atom. The molecule has 0 spiro atoms. The number of nitrogens with two attached hydrogens (primary N) is 1. The van der Waals surface area contributed by atoms with E-state index in [1.807, 2.05) is 0 Å². The summed E-state index contributed by atoms with van der Waals surface area (Å²) in [6.07, 6.45) is 4.40. The Hall–Kier alpha value is 0.0500. The zero-order chi connectivity index (χ0) is 7.98. The van der Waals surface area contributed by atoms with Gasteiger partial charge in [0.25, 0.3) is 0 Å². The lowest BCUT2D eigenvalue weighted by atomic mass is 10.1. The van der Waals surface area contributed by atoms with Gasteiger partial charge in [0, 0.05) is 10.9 Å². The molecule has 1 atom stereocenters. The van der Waals surface area contributed by atoms with E-state index < -0.39 is 0 Å². The molecule has 0 aromatic rings. The predicted molar refractivity (Wildman–Crippen MR) is 50.4 cm³/mol. The fraction of sp³-hybridized carbons (Fsp3) is 0.875. The normalized spacial score (nSPS) is 13.1. The largest absolute Gasteiger partial charge is 0.324 e. The monoisotopic (exact) mass is 159 g/mol. The van der Waals surface area contributed by atoms with Crippen molar-refractivity contribution in [2.75, 3.05) is 0 Å². The van der Waals surface area contributed by atoms with Crippen molar-refractivity contribution in [3.8, 4) is 0 Å². The fourth-order valence-corrected chi connectivity index (χ4v) is 1.08. The van der Waals surface area contributed by atoms with Gasteiger partial charge >= 0.3 is 0 Å². The van der Waals surface area contributed by atoms with Crippen LogP contribution in [0.3, 0.4) is 0 Å². The Labute approximate surface area is 69.0 Å². The average molecular weight is 159 g/mol. The van der Waals surface area contributed by atoms with Gasteiger partial charge in [-0.15, -0.1) is 0 Å². The Bertz CT molecular complexity index is 101. The summed E-state index contributed by atoms with van der Waals surface area (Å²) in [6.45, 7) is 4.24. The minimum Gasteiger partial charge on any atom is -0.324 e. The molecule has 0 aromatic carbocycles. The summed E-state index contributed by atoms with van der Waals surface area (Å²) < 4.78 is 0. The molecular formula is C8H17NS. The lowest BCUT2D eigenvalue weighted by Gasteiger charge is -2.08. The first-order valence-electron chi connectivity index (χ1n) is 4.00. The zero-order valence-corrected chi connectivity index (χ0v) is 7.71. The summed E-state index contributed by atoms with van der Waals surface area (Å²) in [4.78, 5) is 1.05. The van der Waals surface area contributed by atoms with Crippen LogP contribution in [0.5, 0.6) is 0 Å². The molecule has 0 aliphatic heterocycles. The lowest BCUT2D eigenvalue weighted by Crippen LogP contribution is -2.27. The quantitative estimate of drug-likeness (QED) is 0.623. The first-order chi connectivity index (χ1) is 4.72. The van der Waals surface area contributed by atoms with E-state index in [4.69, 9.17) is 18.0 Å². The molecule has 0 fully saturated rings. The highest BCUT2D eigenvalue weighted by molar-refractivity contribution is 7.80. The number of hydrogen-bond donors (Lipinski definition) is 1. The van der Waals surface area contributed by atoms with E-state index in [0.29, 0.717) is 0 Å². The van der Waals surface area contributed by atoms with Crippen LogP contribution in [0.25, 0.3) is 0 Å². The Morgan fingerprint density at radius 2 is 2.10 bits per heavy atom. The van der Waals surface area contributed by atoms with E-state index in [1.165, 1.54) is 12.8 Å². The zero-order valence-electron chi connectivity index (χ0n) is 6.89. The Morgan fingerprint density at radius 1 is 1.50 bits per heavy atom. The third-order valence-electron chi connectivity index (χ3n) is 1.63. The second-order valence-corrected chi connectivity index (χ2v) is 3.11. The summed E-state index contributed by atoms with van der Waals surface area (Å²) in [5, 5.41) is 0. The maximum absolute atomic E-state index is 5.72. The minimum atomic E-state index is 0.154. The molecule has 1 nitrogen and oxygen atoms in total. The van der Waals surface area contributed by atoms with E-state index in [-0.39, 0.29) is 6.04 Å². The SMILES string of the molecule is CCCCC(=S)C(N)CC. The number of rotatable bonds is 5. The van der Waals surface area contributed by atoms with Crippen molar-refractivity contribution in [1.82, 2.24) is 0 Å². The van der Waals surface area contributed by atoms with Gasteiger partial charge in [0.15, 0.2) is 0 Å². The predicted octanol–water partition coefficient (Wildman–Crippen LogP) is 2.28. The third-order valence-corrected chi connectivity index (χ3v) is 2.14. The van der Waals surface area contributed by atoms with Crippen LogP contribution in [0.15, 0.2) is 0 Å². The lowest BCUT2D eigenvalue weighted by molar-refractivity contribution is 0.774. The molecule has 10 heavy (non-hydrogen) atoms. The van der Waals surface area contributed by atoms with Crippen LogP contribution in [-0.2, 0) is 0 Å². The molecule has 1 unspecified atom stereocenters. The molecular weight excluding hydrogens is 142 g/mol. The second-order valence-electron chi connectivity index (χ2n) is 2.58. The van der Waals surface area contributed by atoms with Crippen LogP contribution in [0, 0.1) is 0 Å². The molecule has 0 bridgehead atoms. The summed E-state index contributed by atoms with van der Waals surface area (Å²) in [5.41, 5.74) is 5.72. The molecule has 0 saturated carbocycles. The van der Waals surface area contributed by atoms with Gasteiger partial charge in [0.2, 0.25) is 0 Å². The average Bonchev–Trinajstić information content (AvgIpc) is 1.98. The van der Waals surface area contributed by atoms with Crippen LogP contribution < -0.4 is 5.73 Å². The molecule has 0 rings (SSSR count). The second kappa shape index (κ2) is 5.81. The van der Waals surface area contributed by atoms with Gasteiger partial charge in [-0.25, -0.2) is 0 Å². The van der Waals surface area contributed by atoms with Gasteiger partial charge in [-0.3, -0.25) is 0 Å². The van der Waals surface area contributed by atoms with E-state index in [0.717, 1.165) is 17.7 Å². The molecule has 2 heteroatoms. The number of hydrogen-bond acceptors (Lipinski definition) is 2. The van der Waals surface area contributed by atoms with Gasteiger partial charge in [-0.1, -0.05) is 32.5 Å². The molecule has 0 heterocycles. The van der Waals surface area contributed by atoms with Gasteiger partial charge in [0.1, 0.15) is 0 Å². The molecule has 60 valence electrons. The molecule has 0 aliphatic rings. The molecule has 2 N–H and O–H groups in total. The molecule has 0 radical (unpaired) electrons. The topological polar surface area (TPSA) is 26.0 Å². The summed E-state index contributed by atoms with van der Waals surface area (Å²) in [6, 6.07) is 0.154. The van der Waals surface area contributed by atoms with E-state index in [1.54, 1.807) is 0 Å². The number of unbranched alkanes of at least 4 members (excludes halogenated alkanes) is 1. The highest BCUT2D eigenvalue weighted by Gasteiger charge is 2.04. The molecule has 0 saturated heterocycles. The third kappa shape index (κ3) is 3.96. The van der Waals surface area contributed by atoms with Crippen molar-refractivity contribution in [3.63, 3.8) is 0 Å². The van der Waals surface area contributed by atoms with Gasteiger partial charge in [0.05, 0.1) is 0 Å².